The molecular formula is C20H25FN4OS. The van der Waals surface area contributed by atoms with E-state index < -0.39 is 0 Å². The van der Waals surface area contributed by atoms with E-state index in [4.69, 9.17) is 10.7 Å². The fourth-order valence-electron chi connectivity index (χ4n) is 4.39. The number of hydrogen-bond acceptors (Lipinski definition) is 5. The van der Waals surface area contributed by atoms with E-state index in [0.29, 0.717) is 18.2 Å². The Bertz CT molecular complexity index is 837. The smallest absolute Gasteiger partial charge is 0.274 e. The van der Waals surface area contributed by atoms with Crippen molar-refractivity contribution in [2.45, 2.75) is 38.3 Å². The number of likely N-dealkylation sites (tertiary alicyclic amines) is 1. The van der Waals surface area contributed by atoms with Crippen molar-refractivity contribution in [1.82, 2.24) is 9.88 Å². The Labute approximate surface area is 163 Å². The number of carbonyl (C=O) groups is 1. The van der Waals surface area contributed by atoms with Crippen molar-refractivity contribution in [2.75, 3.05) is 25.0 Å². The number of hydrogen-bond donors (Lipinski definition) is 1. The lowest BCUT2D eigenvalue weighted by Crippen LogP contribution is -2.48. The summed E-state index contributed by atoms with van der Waals surface area (Å²) in [4.78, 5) is 23.0. The zero-order valence-electron chi connectivity index (χ0n) is 15.7. The van der Waals surface area contributed by atoms with Gasteiger partial charge in [-0.1, -0.05) is 23.5 Å². The number of piperidine rings is 1. The average molecular weight is 389 g/mol. The van der Waals surface area contributed by atoms with Crippen LogP contribution in [0, 0.1) is 11.7 Å². The molecule has 27 heavy (non-hydrogen) atoms. The summed E-state index contributed by atoms with van der Waals surface area (Å²) in [5.74, 6) is 0.181. The van der Waals surface area contributed by atoms with Crippen molar-refractivity contribution >= 4 is 22.4 Å². The normalized spacial score (nSPS) is 23.9. The third kappa shape index (κ3) is 3.12. The summed E-state index contributed by atoms with van der Waals surface area (Å²) in [6.45, 7) is 3.33. The number of carbonyl (C=O) groups excluding carboxylic acids is 1. The molecule has 3 atom stereocenters. The maximum atomic E-state index is 13.5. The second-order valence-electron chi connectivity index (χ2n) is 7.44. The molecule has 2 fully saturated rings. The minimum Gasteiger partial charge on any atom is -0.351 e. The van der Waals surface area contributed by atoms with Gasteiger partial charge in [-0.3, -0.25) is 4.79 Å². The van der Waals surface area contributed by atoms with E-state index in [-0.39, 0.29) is 23.8 Å². The van der Waals surface area contributed by atoms with Gasteiger partial charge in [-0.05, 0) is 49.8 Å². The first kappa shape index (κ1) is 18.4. The molecule has 1 aromatic heterocycles. The summed E-state index contributed by atoms with van der Waals surface area (Å²) in [6, 6.07) is 6.65. The van der Waals surface area contributed by atoms with Crippen molar-refractivity contribution < 1.29 is 9.18 Å². The first-order chi connectivity index (χ1) is 13.0. The number of halogens is 1. The highest BCUT2D eigenvalue weighted by molar-refractivity contribution is 7.19. The van der Waals surface area contributed by atoms with Gasteiger partial charge in [0, 0.05) is 32.2 Å². The van der Waals surface area contributed by atoms with Crippen LogP contribution in [0.4, 0.5) is 9.52 Å². The Morgan fingerprint density at radius 2 is 2.11 bits per heavy atom. The van der Waals surface area contributed by atoms with Crippen LogP contribution in [0.1, 0.15) is 36.7 Å². The minimum absolute atomic E-state index is 0.0380. The van der Waals surface area contributed by atoms with E-state index in [1.165, 1.54) is 23.5 Å². The van der Waals surface area contributed by atoms with Crippen LogP contribution in [-0.4, -0.2) is 48.0 Å². The molecule has 2 heterocycles. The first-order valence-corrected chi connectivity index (χ1v) is 10.4. The van der Waals surface area contributed by atoms with Crippen LogP contribution in [0.2, 0.25) is 0 Å². The minimum atomic E-state index is -0.290. The second kappa shape index (κ2) is 7.20. The van der Waals surface area contributed by atoms with Crippen molar-refractivity contribution in [3.8, 4) is 10.4 Å². The predicted octanol–water partition coefficient (Wildman–Crippen LogP) is 3.36. The van der Waals surface area contributed by atoms with Gasteiger partial charge in [-0.2, -0.15) is 0 Å². The molecule has 0 spiro atoms. The molecule has 4 rings (SSSR count). The quantitative estimate of drug-likeness (QED) is 0.853. The molecule has 1 amide bonds. The maximum absolute atomic E-state index is 13.5. The molecule has 7 heteroatoms. The number of aromatic nitrogens is 1. The molecule has 2 bridgehead atoms. The molecule has 2 aromatic rings. The van der Waals surface area contributed by atoms with E-state index >= 15 is 0 Å². The first-order valence-electron chi connectivity index (χ1n) is 9.54. The second-order valence-corrected chi connectivity index (χ2v) is 8.42. The molecule has 2 aliphatic rings. The zero-order valence-corrected chi connectivity index (χ0v) is 16.5. The summed E-state index contributed by atoms with van der Waals surface area (Å²) in [7, 11) is 1.96. The van der Waals surface area contributed by atoms with Crippen LogP contribution < -0.4 is 10.6 Å². The van der Waals surface area contributed by atoms with Crippen LogP contribution in [0.5, 0.6) is 0 Å². The SMILES string of the molecule is CCN(C)c1nc(C(=O)N2[C@H]3CC[C@H](C3)[C@@H]2CN)c(-c2ccc(F)cc2)s1. The molecule has 2 N–H and O–H groups in total. The van der Waals surface area contributed by atoms with Crippen molar-refractivity contribution in [1.29, 1.82) is 0 Å². The number of benzene rings is 1. The highest BCUT2D eigenvalue weighted by Crippen LogP contribution is 2.44. The van der Waals surface area contributed by atoms with Gasteiger partial charge in [0.1, 0.15) is 11.5 Å². The largest absolute Gasteiger partial charge is 0.351 e. The molecule has 1 saturated heterocycles. The van der Waals surface area contributed by atoms with Gasteiger partial charge in [0.05, 0.1) is 4.88 Å². The molecule has 0 radical (unpaired) electrons. The van der Waals surface area contributed by atoms with Gasteiger partial charge in [0.2, 0.25) is 0 Å². The average Bonchev–Trinajstić information content (AvgIpc) is 3.41. The summed E-state index contributed by atoms with van der Waals surface area (Å²) in [5.41, 5.74) is 7.29. The number of amides is 1. The number of nitrogens with zero attached hydrogens (tertiary/aromatic N) is 3. The topological polar surface area (TPSA) is 62.5 Å². The molecule has 1 saturated carbocycles. The predicted molar refractivity (Wildman–Crippen MR) is 107 cm³/mol. The Kier molecular flexibility index (Phi) is 4.90. The van der Waals surface area contributed by atoms with Gasteiger partial charge in [-0.15, -0.1) is 0 Å². The third-order valence-corrected chi connectivity index (χ3v) is 7.16. The van der Waals surface area contributed by atoms with Gasteiger partial charge >= 0.3 is 0 Å². The molecule has 1 aliphatic carbocycles. The van der Waals surface area contributed by atoms with Crippen LogP contribution in [0.25, 0.3) is 10.4 Å². The Hall–Kier alpha value is -1.99. The number of fused-ring (bicyclic) bond motifs is 2. The highest BCUT2D eigenvalue weighted by Gasteiger charge is 2.48. The molecule has 144 valence electrons. The molecular weight excluding hydrogens is 363 g/mol. The Morgan fingerprint density at radius 1 is 1.37 bits per heavy atom. The standard InChI is InChI=1S/C20H25FN4OS/c1-3-24(2)20-23-17(18(27-20)12-4-7-14(21)8-5-12)19(26)25-15-9-6-13(10-15)16(25)11-22/h4-5,7-8,13,15-16H,3,6,9-11,22H2,1-2H3/t13-,15+,16+/m1/s1. The van der Waals surface area contributed by atoms with Crippen molar-refractivity contribution in [2.24, 2.45) is 11.7 Å². The van der Waals surface area contributed by atoms with E-state index in [2.05, 4.69) is 0 Å². The van der Waals surface area contributed by atoms with Crippen molar-refractivity contribution in [3.05, 3.63) is 35.8 Å². The number of rotatable bonds is 5. The Balaban J connectivity index is 1.75. The summed E-state index contributed by atoms with van der Waals surface area (Å²) < 4.78 is 13.4. The molecule has 5 nitrogen and oxygen atoms in total. The number of anilines is 1. The fourth-order valence-corrected chi connectivity index (χ4v) is 5.47. The lowest BCUT2D eigenvalue weighted by Gasteiger charge is -2.34. The lowest BCUT2D eigenvalue weighted by atomic mass is 9.98. The lowest BCUT2D eigenvalue weighted by molar-refractivity contribution is 0.0598. The highest BCUT2D eigenvalue weighted by atomic mass is 32.1. The van der Waals surface area contributed by atoms with Gasteiger partial charge in [0.25, 0.3) is 5.91 Å². The van der Waals surface area contributed by atoms with E-state index in [1.807, 2.05) is 23.8 Å². The summed E-state index contributed by atoms with van der Waals surface area (Å²) >= 11 is 1.48. The Morgan fingerprint density at radius 3 is 2.78 bits per heavy atom. The fraction of sp³-hybridized carbons (Fsp3) is 0.500. The van der Waals surface area contributed by atoms with E-state index in [0.717, 1.165) is 41.4 Å². The number of nitrogens with two attached hydrogens (primary N) is 1. The summed E-state index contributed by atoms with van der Waals surface area (Å²) in [5, 5.41) is 0.800. The van der Waals surface area contributed by atoms with Crippen LogP contribution in [0.15, 0.2) is 24.3 Å². The molecule has 1 aromatic carbocycles. The monoisotopic (exact) mass is 388 g/mol. The molecule has 0 unspecified atom stereocenters. The van der Waals surface area contributed by atoms with E-state index in [1.54, 1.807) is 12.1 Å². The van der Waals surface area contributed by atoms with Gasteiger partial charge in [0.15, 0.2) is 5.13 Å². The molecule has 1 aliphatic heterocycles. The third-order valence-electron chi connectivity index (χ3n) is 5.94. The van der Waals surface area contributed by atoms with Gasteiger partial charge < -0.3 is 15.5 Å². The zero-order chi connectivity index (χ0) is 19.1. The van der Waals surface area contributed by atoms with Crippen molar-refractivity contribution in [3.63, 3.8) is 0 Å². The maximum Gasteiger partial charge on any atom is 0.274 e. The summed E-state index contributed by atoms with van der Waals surface area (Å²) in [6.07, 6.45) is 3.25. The van der Waals surface area contributed by atoms with Gasteiger partial charge in [-0.25, -0.2) is 9.37 Å². The van der Waals surface area contributed by atoms with Crippen LogP contribution >= 0.6 is 11.3 Å². The van der Waals surface area contributed by atoms with Crippen LogP contribution in [-0.2, 0) is 0 Å². The number of thiazole rings is 1. The van der Waals surface area contributed by atoms with E-state index in [9.17, 15) is 9.18 Å². The van der Waals surface area contributed by atoms with Crippen LogP contribution in [0.3, 0.4) is 0 Å².